The molecule has 3 nitrogen and oxygen atoms in total. The zero-order valence-electron chi connectivity index (χ0n) is 4.39. The number of amides is 1. The van der Waals surface area contributed by atoms with Crippen LogP contribution >= 0.6 is 11.8 Å². The molecule has 8 heavy (non-hydrogen) atoms. The molecule has 0 unspecified atom stereocenters. The molecule has 0 spiro atoms. The van der Waals surface area contributed by atoms with Crippen molar-refractivity contribution in [1.82, 2.24) is 5.43 Å². The Kier molecular flexibility index (Phi) is 4.39. The third kappa shape index (κ3) is 3.70. The van der Waals surface area contributed by atoms with Gasteiger partial charge in [0, 0.05) is 5.75 Å². The summed E-state index contributed by atoms with van der Waals surface area (Å²) < 4.78 is 0. The van der Waals surface area contributed by atoms with Gasteiger partial charge in [-0.3, -0.25) is 10.2 Å². The second-order valence-corrected chi connectivity index (χ2v) is 2.02. The van der Waals surface area contributed by atoms with E-state index in [4.69, 9.17) is 5.84 Å². The molecule has 46 valence electrons. The number of thioether (sulfide) groups is 1. The molecule has 0 rings (SSSR count). The summed E-state index contributed by atoms with van der Waals surface area (Å²) >= 11 is 1.08. The summed E-state index contributed by atoms with van der Waals surface area (Å²) in [5, 5.41) is -0.232. The Morgan fingerprint density at radius 2 is 2.62 bits per heavy atom. The van der Waals surface area contributed by atoms with Crippen LogP contribution in [0.3, 0.4) is 0 Å². The van der Waals surface area contributed by atoms with Crippen LogP contribution in [0.2, 0.25) is 0 Å². The maximum atomic E-state index is 10.2. The van der Waals surface area contributed by atoms with Crippen LogP contribution in [0.15, 0.2) is 12.7 Å². The maximum Gasteiger partial charge on any atom is 0.293 e. The summed E-state index contributed by atoms with van der Waals surface area (Å²) in [5.41, 5.74) is 1.98. The first-order chi connectivity index (χ1) is 3.81. The second kappa shape index (κ2) is 4.67. The summed E-state index contributed by atoms with van der Waals surface area (Å²) in [6.07, 6.45) is 1.64. The monoisotopic (exact) mass is 132 g/mol. The van der Waals surface area contributed by atoms with Crippen LogP contribution in [0.1, 0.15) is 0 Å². The summed E-state index contributed by atoms with van der Waals surface area (Å²) in [6, 6.07) is 0. The molecular weight excluding hydrogens is 124 g/mol. The molecule has 0 aromatic carbocycles. The average Bonchev–Trinajstić information content (AvgIpc) is 1.83. The molecular formula is C4H8N2OS. The number of hydrogen-bond donors (Lipinski definition) is 2. The van der Waals surface area contributed by atoms with Crippen molar-refractivity contribution in [1.29, 1.82) is 0 Å². The van der Waals surface area contributed by atoms with Gasteiger partial charge in [0.15, 0.2) is 0 Å². The van der Waals surface area contributed by atoms with Crippen molar-refractivity contribution in [2.75, 3.05) is 5.75 Å². The van der Waals surface area contributed by atoms with Gasteiger partial charge in [-0.25, -0.2) is 5.84 Å². The van der Waals surface area contributed by atoms with Crippen molar-refractivity contribution in [3.63, 3.8) is 0 Å². The molecule has 3 N–H and O–H groups in total. The predicted molar refractivity (Wildman–Crippen MR) is 35.4 cm³/mol. The van der Waals surface area contributed by atoms with E-state index in [0.717, 1.165) is 11.8 Å². The highest BCUT2D eigenvalue weighted by Crippen LogP contribution is 1.98. The average molecular weight is 132 g/mol. The molecule has 0 radical (unpaired) electrons. The van der Waals surface area contributed by atoms with Gasteiger partial charge in [-0.05, 0) is 0 Å². The lowest BCUT2D eigenvalue weighted by Gasteiger charge is -1.91. The fraction of sp³-hybridized carbons (Fsp3) is 0.250. The summed E-state index contributed by atoms with van der Waals surface area (Å²) in [7, 11) is 0. The first-order valence-electron chi connectivity index (χ1n) is 2.05. The molecule has 0 heterocycles. The van der Waals surface area contributed by atoms with E-state index in [1.54, 1.807) is 6.08 Å². The molecule has 0 atom stereocenters. The molecule has 0 aliphatic heterocycles. The Morgan fingerprint density at radius 3 is 3.00 bits per heavy atom. The number of hydrazine groups is 1. The zero-order chi connectivity index (χ0) is 6.41. The van der Waals surface area contributed by atoms with Crippen molar-refractivity contribution in [2.45, 2.75) is 0 Å². The van der Waals surface area contributed by atoms with Crippen LogP contribution in [0.5, 0.6) is 0 Å². The SMILES string of the molecule is C=CCSC(=O)NN. The normalized spacial score (nSPS) is 8.12. The molecule has 1 amide bonds. The molecule has 0 saturated carbocycles. The molecule has 0 bridgehead atoms. The van der Waals surface area contributed by atoms with Crippen LogP contribution in [-0.2, 0) is 0 Å². The van der Waals surface area contributed by atoms with Gasteiger partial charge < -0.3 is 0 Å². The molecule has 4 heteroatoms. The van der Waals surface area contributed by atoms with E-state index in [9.17, 15) is 4.79 Å². The van der Waals surface area contributed by atoms with E-state index in [2.05, 4.69) is 6.58 Å². The Balaban J connectivity index is 3.11. The second-order valence-electron chi connectivity index (χ2n) is 1.03. The Morgan fingerprint density at radius 1 is 2.00 bits per heavy atom. The van der Waals surface area contributed by atoms with E-state index < -0.39 is 0 Å². The van der Waals surface area contributed by atoms with Crippen molar-refractivity contribution in [2.24, 2.45) is 5.84 Å². The number of nitrogens with one attached hydrogen (secondary N) is 1. The van der Waals surface area contributed by atoms with Gasteiger partial charge in [0.2, 0.25) is 0 Å². The Bertz CT molecular complexity index is 94.0. The number of hydrogen-bond acceptors (Lipinski definition) is 3. The molecule has 0 saturated heterocycles. The third-order valence-corrected chi connectivity index (χ3v) is 1.23. The van der Waals surface area contributed by atoms with E-state index >= 15 is 0 Å². The van der Waals surface area contributed by atoms with Gasteiger partial charge in [-0.1, -0.05) is 17.8 Å². The van der Waals surface area contributed by atoms with Crippen LogP contribution in [0.25, 0.3) is 0 Å². The topological polar surface area (TPSA) is 55.1 Å². The van der Waals surface area contributed by atoms with Gasteiger partial charge in [0.05, 0.1) is 0 Å². The first-order valence-corrected chi connectivity index (χ1v) is 3.04. The Labute approximate surface area is 52.3 Å². The minimum Gasteiger partial charge on any atom is -0.285 e. The van der Waals surface area contributed by atoms with Gasteiger partial charge in [0.25, 0.3) is 5.24 Å². The van der Waals surface area contributed by atoms with Gasteiger partial charge >= 0.3 is 0 Å². The lowest BCUT2D eigenvalue weighted by molar-refractivity contribution is 0.261. The lowest BCUT2D eigenvalue weighted by Crippen LogP contribution is -2.26. The number of rotatable bonds is 2. The van der Waals surface area contributed by atoms with Gasteiger partial charge in [-0.15, -0.1) is 6.58 Å². The Hall–Kier alpha value is -0.480. The molecule has 0 aliphatic rings. The molecule has 0 aliphatic carbocycles. The van der Waals surface area contributed by atoms with Crippen molar-refractivity contribution in [3.8, 4) is 0 Å². The standard InChI is InChI=1S/C4H8N2OS/c1-2-3-8-4(7)6-5/h2H,1,3,5H2,(H,6,7). The van der Waals surface area contributed by atoms with Crippen LogP contribution in [0, 0.1) is 0 Å². The lowest BCUT2D eigenvalue weighted by atomic mass is 10.8. The van der Waals surface area contributed by atoms with E-state index in [-0.39, 0.29) is 5.24 Å². The van der Waals surface area contributed by atoms with Crippen molar-refractivity contribution >= 4 is 17.0 Å². The number of carbonyl (C=O) groups excluding carboxylic acids is 1. The third-order valence-electron chi connectivity index (χ3n) is 0.450. The molecule has 0 fully saturated rings. The van der Waals surface area contributed by atoms with Gasteiger partial charge in [-0.2, -0.15) is 0 Å². The maximum absolute atomic E-state index is 10.2. The largest absolute Gasteiger partial charge is 0.293 e. The first kappa shape index (κ1) is 7.52. The quantitative estimate of drug-likeness (QED) is 0.249. The molecule has 0 aromatic heterocycles. The highest BCUT2D eigenvalue weighted by atomic mass is 32.2. The van der Waals surface area contributed by atoms with Crippen LogP contribution in [0.4, 0.5) is 4.79 Å². The fourth-order valence-electron chi connectivity index (χ4n) is 0.176. The van der Waals surface area contributed by atoms with Crippen molar-refractivity contribution < 1.29 is 4.79 Å². The smallest absolute Gasteiger partial charge is 0.285 e. The number of carbonyl (C=O) groups is 1. The van der Waals surface area contributed by atoms with E-state index in [1.165, 1.54) is 0 Å². The highest BCUT2D eigenvalue weighted by molar-refractivity contribution is 8.13. The zero-order valence-corrected chi connectivity index (χ0v) is 5.20. The highest BCUT2D eigenvalue weighted by Gasteiger charge is 1.92. The number of nitrogens with two attached hydrogens (primary N) is 1. The van der Waals surface area contributed by atoms with E-state index in [1.807, 2.05) is 5.43 Å². The summed E-state index contributed by atoms with van der Waals surface area (Å²) in [4.78, 5) is 10.2. The summed E-state index contributed by atoms with van der Waals surface area (Å²) in [6.45, 7) is 3.43. The van der Waals surface area contributed by atoms with Crippen LogP contribution < -0.4 is 11.3 Å². The van der Waals surface area contributed by atoms with E-state index in [0.29, 0.717) is 5.75 Å². The minimum absolute atomic E-state index is 0.232. The van der Waals surface area contributed by atoms with Crippen molar-refractivity contribution in [3.05, 3.63) is 12.7 Å². The van der Waals surface area contributed by atoms with Crippen LogP contribution in [-0.4, -0.2) is 11.0 Å². The molecule has 0 aromatic rings. The predicted octanol–water partition coefficient (Wildman–Crippen LogP) is 0.489. The fourth-order valence-corrected chi connectivity index (χ4v) is 0.529. The minimum atomic E-state index is -0.232. The van der Waals surface area contributed by atoms with Gasteiger partial charge in [0.1, 0.15) is 0 Å². The summed E-state index contributed by atoms with van der Waals surface area (Å²) in [5.74, 6) is 5.36.